The summed E-state index contributed by atoms with van der Waals surface area (Å²) in [6, 6.07) is 17.6. The molecule has 4 aromatic rings. The lowest BCUT2D eigenvalue weighted by Gasteiger charge is -2.22. The number of nitrogens with one attached hydrogen (secondary N) is 1. The summed E-state index contributed by atoms with van der Waals surface area (Å²) in [5.41, 5.74) is 4.08. The number of anilines is 2. The molecule has 1 aliphatic heterocycles. The first kappa shape index (κ1) is 16.7. The molecule has 5 rings (SSSR count). The average Bonchev–Trinajstić information content (AvgIpc) is 3.34. The Kier molecular flexibility index (Phi) is 3.97. The number of aryl methyl sites for hydroxylation is 1. The maximum absolute atomic E-state index is 13.1. The third kappa shape index (κ3) is 2.87. The van der Waals surface area contributed by atoms with Crippen molar-refractivity contribution in [2.45, 2.75) is 25.8 Å². The van der Waals surface area contributed by atoms with Crippen LogP contribution in [0.25, 0.3) is 22.0 Å². The Morgan fingerprint density at radius 3 is 2.75 bits per heavy atom. The summed E-state index contributed by atoms with van der Waals surface area (Å²) >= 11 is 0. The predicted octanol–water partition coefficient (Wildman–Crippen LogP) is 4.29. The Balaban J connectivity index is 1.45. The number of aromatic nitrogens is 2. The second kappa shape index (κ2) is 6.64. The van der Waals surface area contributed by atoms with Crippen molar-refractivity contribution < 1.29 is 9.21 Å². The Morgan fingerprint density at radius 1 is 1.11 bits per heavy atom. The molecule has 1 amide bonds. The predicted molar refractivity (Wildman–Crippen MR) is 109 cm³/mol. The standard InChI is InChI=1S/C22H20N4O2/c1-14-13-18(15-7-2-3-8-16(15)23-14)24-21(27)19-10-6-12-26(19)22-25-17-9-4-5-11-20(17)28-22/h2-5,7-9,11,13,19H,6,10,12H2,1H3,(H,23,24,27)/t19-/m1/s1. The van der Waals surface area contributed by atoms with E-state index in [9.17, 15) is 4.79 Å². The van der Waals surface area contributed by atoms with Crippen LogP contribution >= 0.6 is 0 Å². The van der Waals surface area contributed by atoms with Gasteiger partial charge in [0.25, 0.3) is 6.01 Å². The summed E-state index contributed by atoms with van der Waals surface area (Å²) in [6.45, 7) is 2.68. The van der Waals surface area contributed by atoms with Gasteiger partial charge in [-0.3, -0.25) is 9.78 Å². The van der Waals surface area contributed by atoms with Crippen LogP contribution < -0.4 is 10.2 Å². The molecule has 0 radical (unpaired) electrons. The largest absolute Gasteiger partial charge is 0.423 e. The number of pyridine rings is 1. The van der Waals surface area contributed by atoms with Crippen LogP contribution in [0.5, 0.6) is 0 Å². The second-order valence-corrected chi connectivity index (χ2v) is 7.13. The van der Waals surface area contributed by atoms with E-state index in [2.05, 4.69) is 15.3 Å². The molecule has 0 saturated carbocycles. The minimum Gasteiger partial charge on any atom is -0.423 e. The van der Waals surface area contributed by atoms with E-state index >= 15 is 0 Å². The van der Waals surface area contributed by atoms with Crippen LogP contribution in [-0.2, 0) is 4.79 Å². The van der Waals surface area contributed by atoms with Crippen molar-refractivity contribution in [1.82, 2.24) is 9.97 Å². The van der Waals surface area contributed by atoms with Crippen molar-refractivity contribution in [3.05, 3.63) is 60.3 Å². The topological polar surface area (TPSA) is 71.3 Å². The van der Waals surface area contributed by atoms with Crippen molar-refractivity contribution >= 4 is 39.6 Å². The molecule has 6 nitrogen and oxygen atoms in total. The second-order valence-electron chi connectivity index (χ2n) is 7.13. The number of carbonyl (C=O) groups is 1. The minimum atomic E-state index is -0.305. The molecule has 1 atom stereocenters. The van der Waals surface area contributed by atoms with E-state index in [4.69, 9.17) is 4.42 Å². The van der Waals surface area contributed by atoms with Crippen molar-refractivity contribution in [2.24, 2.45) is 0 Å². The highest BCUT2D eigenvalue weighted by Crippen LogP contribution is 2.30. The summed E-state index contributed by atoms with van der Waals surface area (Å²) < 4.78 is 5.90. The van der Waals surface area contributed by atoms with Gasteiger partial charge in [0.15, 0.2) is 5.58 Å². The number of hydrogen-bond donors (Lipinski definition) is 1. The number of para-hydroxylation sites is 3. The van der Waals surface area contributed by atoms with E-state index in [1.165, 1.54) is 0 Å². The fourth-order valence-electron chi connectivity index (χ4n) is 3.88. The Labute approximate surface area is 162 Å². The number of oxazole rings is 1. The zero-order chi connectivity index (χ0) is 19.1. The first-order valence-corrected chi connectivity index (χ1v) is 9.48. The quantitative estimate of drug-likeness (QED) is 0.581. The van der Waals surface area contributed by atoms with Crippen LogP contribution in [-0.4, -0.2) is 28.5 Å². The summed E-state index contributed by atoms with van der Waals surface area (Å²) in [7, 11) is 0. The van der Waals surface area contributed by atoms with E-state index < -0.39 is 0 Å². The van der Waals surface area contributed by atoms with Crippen LogP contribution in [0, 0.1) is 6.92 Å². The zero-order valence-corrected chi connectivity index (χ0v) is 15.6. The number of carbonyl (C=O) groups excluding carboxylic acids is 1. The van der Waals surface area contributed by atoms with Crippen LogP contribution in [0.4, 0.5) is 11.7 Å². The Morgan fingerprint density at radius 2 is 1.89 bits per heavy atom. The Hall–Kier alpha value is -3.41. The highest BCUT2D eigenvalue weighted by Gasteiger charge is 2.34. The smallest absolute Gasteiger partial charge is 0.299 e. The molecule has 0 spiro atoms. The lowest BCUT2D eigenvalue weighted by molar-refractivity contribution is -0.117. The van der Waals surface area contributed by atoms with Gasteiger partial charge >= 0.3 is 0 Å². The number of rotatable bonds is 3. The first-order chi connectivity index (χ1) is 13.7. The maximum Gasteiger partial charge on any atom is 0.299 e. The number of benzene rings is 2. The number of hydrogen-bond acceptors (Lipinski definition) is 5. The minimum absolute atomic E-state index is 0.0458. The van der Waals surface area contributed by atoms with E-state index in [1.807, 2.05) is 66.4 Å². The van der Waals surface area contributed by atoms with Gasteiger partial charge < -0.3 is 14.6 Å². The molecule has 0 aliphatic carbocycles. The third-order valence-electron chi connectivity index (χ3n) is 5.19. The fraction of sp³-hybridized carbons (Fsp3) is 0.227. The van der Waals surface area contributed by atoms with E-state index in [0.29, 0.717) is 6.01 Å². The van der Waals surface area contributed by atoms with E-state index in [-0.39, 0.29) is 11.9 Å². The normalized spacial score (nSPS) is 16.8. The summed E-state index contributed by atoms with van der Waals surface area (Å²) in [5.74, 6) is -0.0458. The van der Waals surface area contributed by atoms with Gasteiger partial charge in [-0.1, -0.05) is 30.3 Å². The molecule has 2 aromatic carbocycles. The molecular formula is C22H20N4O2. The van der Waals surface area contributed by atoms with E-state index in [1.54, 1.807) is 0 Å². The molecule has 3 heterocycles. The zero-order valence-electron chi connectivity index (χ0n) is 15.6. The van der Waals surface area contributed by atoms with Crippen LogP contribution in [0.2, 0.25) is 0 Å². The highest BCUT2D eigenvalue weighted by atomic mass is 16.4. The monoisotopic (exact) mass is 372 g/mol. The lowest BCUT2D eigenvalue weighted by atomic mass is 10.1. The molecule has 0 bridgehead atoms. The Bertz CT molecular complexity index is 1150. The molecule has 1 saturated heterocycles. The van der Waals surface area contributed by atoms with Gasteiger partial charge in [-0.05, 0) is 44.0 Å². The van der Waals surface area contributed by atoms with Gasteiger partial charge in [0.05, 0.1) is 11.2 Å². The summed E-state index contributed by atoms with van der Waals surface area (Å²) in [4.78, 5) is 24.2. The van der Waals surface area contributed by atoms with Gasteiger partial charge in [-0.25, -0.2) is 0 Å². The van der Waals surface area contributed by atoms with Crippen LogP contribution in [0.15, 0.2) is 59.0 Å². The summed E-state index contributed by atoms with van der Waals surface area (Å²) in [6.07, 6.45) is 1.69. The maximum atomic E-state index is 13.1. The molecule has 6 heteroatoms. The van der Waals surface area contributed by atoms with Crippen molar-refractivity contribution in [2.75, 3.05) is 16.8 Å². The van der Waals surface area contributed by atoms with Gasteiger partial charge in [0, 0.05) is 17.6 Å². The summed E-state index contributed by atoms with van der Waals surface area (Å²) in [5, 5.41) is 4.05. The molecular weight excluding hydrogens is 352 g/mol. The highest BCUT2D eigenvalue weighted by molar-refractivity contribution is 6.04. The lowest BCUT2D eigenvalue weighted by Crippen LogP contribution is -2.40. The van der Waals surface area contributed by atoms with Gasteiger partial charge in [-0.15, -0.1) is 0 Å². The molecule has 28 heavy (non-hydrogen) atoms. The third-order valence-corrected chi connectivity index (χ3v) is 5.19. The SMILES string of the molecule is Cc1cc(NC(=O)[C@H]2CCCN2c2nc3ccccc3o2)c2ccccc2n1. The molecule has 140 valence electrons. The fourth-order valence-corrected chi connectivity index (χ4v) is 3.88. The van der Waals surface area contributed by atoms with Crippen molar-refractivity contribution in [1.29, 1.82) is 0 Å². The van der Waals surface area contributed by atoms with Gasteiger partial charge in [-0.2, -0.15) is 4.98 Å². The number of amides is 1. The van der Waals surface area contributed by atoms with E-state index in [0.717, 1.165) is 52.8 Å². The van der Waals surface area contributed by atoms with Crippen LogP contribution in [0.1, 0.15) is 18.5 Å². The number of fused-ring (bicyclic) bond motifs is 2. The molecule has 2 aromatic heterocycles. The van der Waals surface area contributed by atoms with Gasteiger partial charge in [0.1, 0.15) is 11.6 Å². The first-order valence-electron chi connectivity index (χ1n) is 9.48. The van der Waals surface area contributed by atoms with Crippen molar-refractivity contribution in [3.8, 4) is 0 Å². The molecule has 1 fully saturated rings. The van der Waals surface area contributed by atoms with Gasteiger partial charge in [0.2, 0.25) is 5.91 Å². The molecule has 0 unspecified atom stereocenters. The average molecular weight is 372 g/mol. The number of nitrogens with zero attached hydrogens (tertiary/aromatic N) is 3. The molecule has 1 N–H and O–H groups in total. The van der Waals surface area contributed by atoms with Crippen molar-refractivity contribution in [3.63, 3.8) is 0 Å². The van der Waals surface area contributed by atoms with Crippen LogP contribution in [0.3, 0.4) is 0 Å². The molecule has 1 aliphatic rings.